The number of amides is 1. The number of hydrogen-bond acceptors (Lipinski definition) is 4. The first kappa shape index (κ1) is 19.0. The summed E-state index contributed by atoms with van der Waals surface area (Å²) in [6.07, 6.45) is 6.52. The van der Waals surface area contributed by atoms with Crippen LogP contribution in [0.5, 0.6) is 5.75 Å². The van der Waals surface area contributed by atoms with Crippen LogP contribution in [-0.4, -0.2) is 23.5 Å². The van der Waals surface area contributed by atoms with Crippen molar-refractivity contribution in [3.8, 4) is 16.9 Å². The number of fused-ring (bicyclic) bond motifs is 1. The summed E-state index contributed by atoms with van der Waals surface area (Å²) in [6, 6.07) is 11.9. The highest BCUT2D eigenvalue weighted by Crippen LogP contribution is 2.40. The lowest BCUT2D eigenvalue weighted by atomic mass is 10.0. The van der Waals surface area contributed by atoms with Crippen LogP contribution in [0.3, 0.4) is 0 Å². The molecule has 4 nitrogen and oxygen atoms in total. The first-order valence-corrected chi connectivity index (χ1v) is 10.6. The first-order valence-electron chi connectivity index (χ1n) is 9.37. The summed E-state index contributed by atoms with van der Waals surface area (Å²) in [7, 11) is 0. The molecule has 1 N–H and O–H groups in total. The minimum Gasteiger partial charge on any atom is -0.487 e. The van der Waals surface area contributed by atoms with Crippen LogP contribution in [-0.2, 0) is 17.6 Å². The molecule has 0 radical (unpaired) electrons. The first-order chi connectivity index (χ1) is 13.7. The van der Waals surface area contributed by atoms with E-state index in [0.29, 0.717) is 18.0 Å². The van der Waals surface area contributed by atoms with E-state index in [1.807, 2.05) is 30.3 Å². The molecule has 0 aliphatic carbocycles. The average Bonchev–Trinajstić information content (AvgIpc) is 3.36. The molecular weight excluding hydrogens is 392 g/mol. The van der Waals surface area contributed by atoms with Crippen molar-refractivity contribution in [2.45, 2.75) is 31.8 Å². The topological polar surface area (TPSA) is 51.2 Å². The van der Waals surface area contributed by atoms with Crippen molar-refractivity contribution in [3.63, 3.8) is 0 Å². The molecular formula is C22H21ClN2O2S. The van der Waals surface area contributed by atoms with E-state index < -0.39 is 0 Å². The van der Waals surface area contributed by atoms with Crippen molar-refractivity contribution in [3.05, 3.63) is 69.6 Å². The van der Waals surface area contributed by atoms with Gasteiger partial charge in [0.05, 0.1) is 6.54 Å². The molecule has 0 unspecified atom stereocenters. The number of hydrogen-bond donors (Lipinski definition) is 1. The molecule has 0 saturated carbocycles. The Bertz CT molecular complexity index is 945. The van der Waals surface area contributed by atoms with E-state index >= 15 is 0 Å². The van der Waals surface area contributed by atoms with E-state index in [2.05, 4.69) is 21.7 Å². The average molecular weight is 413 g/mol. The molecule has 1 aromatic carbocycles. The molecule has 144 valence electrons. The van der Waals surface area contributed by atoms with Gasteiger partial charge in [-0.15, -0.1) is 11.3 Å². The third-order valence-corrected chi connectivity index (χ3v) is 5.94. The third kappa shape index (κ3) is 4.54. The molecule has 28 heavy (non-hydrogen) atoms. The Hall–Kier alpha value is -2.37. The van der Waals surface area contributed by atoms with Gasteiger partial charge in [-0.3, -0.25) is 9.78 Å². The summed E-state index contributed by atoms with van der Waals surface area (Å²) in [6.45, 7) is 0.500. The molecule has 1 aliphatic heterocycles. The number of nitrogens with zero attached hydrogens (tertiary/aromatic N) is 1. The van der Waals surface area contributed by atoms with E-state index in [-0.39, 0.29) is 12.0 Å². The lowest BCUT2D eigenvalue weighted by molar-refractivity contribution is -0.121. The summed E-state index contributed by atoms with van der Waals surface area (Å²) < 4.78 is 6.17. The van der Waals surface area contributed by atoms with Gasteiger partial charge in [-0.25, -0.2) is 0 Å². The second-order valence-electron chi connectivity index (χ2n) is 6.86. The Morgan fingerprint density at radius 2 is 2.14 bits per heavy atom. The molecule has 1 atom stereocenters. The number of aromatic nitrogens is 1. The smallest absolute Gasteiger partial charge is 0.220 e. The van der Waals surface area contributed by atoms with Crippen molar-refractivity contribution < 1.29 is 9.53 Å². The summed E-state index contributed by atoms with van der Waals surface area (Å²) in [5.41, 5.74) is 3.07. The van der Waals surface area contributed by atoms with E-state index in [4.69, 9.17) is 16.3 Å². The fourth-order valence-corrected chi connectivity index (χ4v) is 4.44. The number of ether oxygens (including phenoxy) is 1. The summed E-state index contributed by atoms with van der Waals surface area (Å²) >= 11 is 8.05. The number of halogens is 1. The maximum atomic E-state index is 12.2. The van der Waals surface area contributed by atoms with Gasteiger partial charge in [0.15, 0.2) is 0 Å². The number of rotatable bonds is 7. The molecule has 1 aliphatic rings. The summed E-state index contributed by atoms with van der Waals surface area (Å²) in [4.78, 5) is 17.5. The summed E-state index contributed by atoms with van der Waals surface area (Å²) in [5, 5.41) is 5.76. The third-order valence-electron chi connectivity index (χ3n) is 4.79. The zero-order valence-electron chi connectivity index (χ0n) is 15.4. The zero-order valence-corrected chi connectivity index (χ0v) is 16.9. The number of nitrogens with one attached hydrogen (secondary N) is 1. The van der Waals surface area contributed by atoms with Crippen LogP contribution in [0, 0.1) is 0 Å². The molecule has 2 aromatic heterocycles. The van der Waals surface area contributed by atoms with Crippen LogP contribution >= 0.6 is 22.9 Å². The van der Waals surface area contributed by atoms with Crippen molar-refractivity contribution in [2.75, 3.05) is 6.54 Å². The van der Waals surface area contributed by atoms with Gasteiger partial charge in [0.2, 0.25) is 5.91 Å². The van der Waals surface area contributed by atoms with Gasteiger partial charge in [0.1, 0.15) is 11.9 Å². The molecule has 0 fully saturated rings. The normalized spacial score (nSPS) is 15.1. The minimum absolute atomic E-state index is 0.0727. The highest BCUT2D eigenvalue weighted by Gasteiger charge is 2.27. The van der Waals surface area contributed by atoms with Crippen molar-refractivity contribution in [1.82, 2.24) is 10.3 Å². The Balaban J connectivity index is 1.33. The van der Waals surface area contributed by atoms with E-state index in [1.54, 1.807) is 23.7 Å². The van der Waals surface area contributed by atoms with Gasteiger partial charge in [0.25, 0.3) is 0 Å². The van der Waals surface area contributed by atoms with Gasteiger partial charge in [0, 0.05) is 46.3 Å². The number of aryl methyl sites for hydroxylation is 1. The Morgan fingerprint density at radius 3 is 2.93 bits per heavy atom. The van der Waals surface area contributed by atoms with E-state index in [0.717, 1.165) is 41.7 Å². The van der Waals surface area contributed by atoms with Crippen LogP contribution in [0.15, 0.2) is 54.2 Å². The Kier molecular flexibility index (Phi) is 5.93. The number of carbonyl (C=O) groups is 1. The minimum atomic E-state index is -0.0738. The molecule has 0 bridgehead atoms. The maximum absolute atomic E-state index is 12.2. The maximum Gasteiger partial charge on any atom is 0.220 e. The van der Waals surface area contributed by atoms with Crippen LogP contribution < -0.4 is 10.1 Å². The molecule has 4 rings (SSSR count). The molecule has 3 heterocycles. The molecule has 6 heteroatoms. The van der Waals surface area contributed by atoms with Gasteiger partial charge >= 0.3 is 0 Å². The largest absolute Gasteiger partial charge is 0.487 e. The second-order valence-corrected chi connectivity index (χ2v) is 8.33. The number of carbonyl (C=O) groups excluding carboxylic acids is 1. The van der Waals surface area contributed by atoms with Gasteiger partial charge < -0.3 is 10.1 Å². The lowest BCUT2D eigenvalue weighted by Gasteiger charge is -2.14. The fraction of sp³-hybridized carbons (Fsp3) is 0.273. The van der Waals surface area contributed by atoms with E-state index in [1.165, 1.54) is 4.88 Å². The van der Waals surface area contributed by atoms with Crippen LogP contribution in [0.2, 0.25) is 5.02 Å². The number of thiophene rings is 1. The van der Waals surface area contributed by atoms with Gasteiger partial charge in [-0.2, -0.15) is 0 Å². The number of pyridine rings is 1. The molecule has 0 spiro atoms. The van der Waals surface area contributed by atoms with Crippen molar-refractivity contribution in [2.24, 2.45) is 0 Å². The van der Waals surface area contributed by atoms with Crippen molar-refractivity contribution >= 4 is 28.8 Å². The fourth-order valence-electron chi connectivity index (χ4n) is 3.45. The Morgan fingerprint density at radius 1 is 1.29 bits per heavy atom. The summed E-state index contributed by atoms with van der Waals surface area (Å²) in [5.74, 6) is 0.927. The van der Waals surface area contributed by atoms with Gasteiger partial charge in [-0.1, -0.05) is 17.7 Å². The lowest BCUT2D eigenvalue weighted by Crippen LogP contribution is -2.34. The van der Waals surface area contributed by atoms with Crippen molar-refractivity contribution in [1.29, 1.82) is 0 Å². The SMILES string of the molecule is O=C(CCCc1cccs1)NC[C@@H]1Cc2cc(Cl)cc(-c3ccncc3)c2O1. The Labute approximate surface area is 173 Å². The molecule has 3 aromatic rings. The second kappa shape index (κ2) is 8.76. The number of benzene rings is 1. The quantitative estimate of drug-likeness (QED) is 0.600. The standard InChI is InChI=1S/C22H21ClN2O2S/c23-17-11-16-12-18(14-25-21(26)5-1-3-19-4-2-10-28-19)27-22(16)20(13-17)15-6-8-24-9-7-15/h2,4,6-11,13,18H,1,3,5,12,14H2,(H,25,26)/t18-/m0/s1. The van der Waals surface area contributed by atoms with Crippen LogP contribution in [0.4, 0.5) is 0 Å². The predicted molar refractivity (Wildman–Crippen MR) is 113 cm³/mol. The molecule has 1 amide bonds. The molecule has 0 saturated heterocycles. The predicted octanol–water partition coefficient (Wildman–Crippen LogP) is 4.91. The highest BCUT2D eigenvalue weighted by molar-refractivity contribution is 7.09. The van der Waals surface area contributed by atoms with Crippen LogP contribution in [0.25, 0.3) is 11.1 Å². The van der Waals surface area contributed by atoms with E-state index in [9.17, 15) is 4.79 Å². The zero-order chi connectivity index (χ0) is 19.3. The highest BCUT2D eigenvalue weighted by atomic mass is 35.5. The van der Waals surface area contributed by atoms with Gasteiger partial charge in [-0.05, 0) is 54.1 Å². The monoisotopic (exact) mass is 412 g/mol. The van der Waals surface area contributed by atoms with Crippen LogP contribution in [0.1, 0.15) is 23.3 Å².